The number of anilines is 1. The Labute approximate surface area is 191 Å². The SMILES string of the molecule is C=C(Nc1cc(-c2ccccc2C(F)(F)F)nc(C2CCCCC2)c1)c1ccc(F)cc1C. The lowest BCUT2D eigenvalue weighted by molar-refractivity contribution is -0.137. The second kappa shape index (κ2) is 9.38. The van der Waals surface area contributed by atoms with Gasteiger partial charge < -0.3 is 5.32 Å². The van der Waals surface area contributed by atoms with E-state index < -0.39 is 11.7 Å². The Morgan fingerprint density at radius 1 is 1.00 bits per heavy atom. The van der Waals surface area contributed by atoms with Gasteiger partial charge in [0.1, 0.15) is 5.82 Å². The highest BCUT2D eigenvalue weighted by Gasteiger charge is 2.34. The highest BCUT2D eigenvalue weighted by molar-refractivity contribution is 5.79. The highest BCUT2D eigenvalue weighted by atomic mass is 19.4. The molecule has 2 aromatic carbocycles. The average Bonchev–Trinajstić information content (AvgIpc) is 2.79. The van der Waals surface area contributed by atoms with Gasteiger partial charge in [0.15, 0.2) is 0 Å². The molecule has 0 saturated heterocycles. The van der Waals surface area contributed by atoms with Crippen LogP contribution in [0.25, 0.3) is 17.0 Å². The lowest BCUT2D eigenvalue weighted by Gasteiger charge is -2.23. The van der Waals surface area contributed by atoms with Gasteiger partial charge in [0.05, 0.1) is 11.3 Å². The Morgan fingerprint density at radius 3 is 2.42 bits per heavy atom. The number of hydrogen-bond donors (Lipinski definition) is 1. The zero-order chi connectivity index (χ0) is 23.6. The molecule has 1 aliphatic rings. The van der Waals surface area contributed by atoms with Gasteiger partial charge in [0.2, 0.25) is 0 Å². The zero-order valence-electron chi connectivity index (χ0n) is 18.5. The molecule has 1 heterocycles. The first-order valence-electron chi connectivity index (χ1n) is 11.1. The number of nitrogens with zero attached hydrogens (tertiary/aromatic N) is 1. The van der Waals surface area contributed by atoms with Crippen molar-refractivity contribution in [2.45, 2.75) is 51.1 Å². The molecule has 0 aliphatic heterocycles. The molecule has 0 unspecified atom stereocenters. The summed E-state index contributed by atoms with van der Waals surface area (Å²) in [6.45, 7) is 5.87. The highest BCUT2D eigenvalue weighted by Crippen LogP contribution is 2.39. The standard InChI is InChI=1S/C27H26F4N2/c1-17-14-20(28)12-13-22(17)18(2)32-21-15-25(19-8-4-3-5-9-19)33-26(16-21)23-10-6-7-11-24(23)27(29,30)31/h6-7,10-16,19H,2-5,8-9H2,1H3,(H,32,33). The molecule has 33 heavy (non-hydrogen) atoms. The van der Waals surface area contributed by atoms with Crippen LogP contribution in [0.1, 0.15) is 60.4 Å². The first-order valence-corrected chi connectivity index (χ1v) is 11.1. The lowest BCUT2D eigenvalue weighted by Crippen LogP contribution is -2.11. The molecule has 6 heteroatoms. The molecule has 0 amide bonds. The lowest BCUT2D eigenvalue weighted by atomic mass is 9.86. The number of rotatable bonds is 5. The molecular weight excluding hydrogens is 428 g/mol. The smallest absolute Gasteiger partial charge is 0.355 e. The predicted molar refractivity (Wildman–Crippen MR) is 124 cm³/mol. The van der Waals surface area contributed by atoms with E-state index in [0.29, 0.717) is 11.4 Å². The Hall–Kier alpha value is -3.15. The third-order valence-corrected chi connectivity index (χ3v) is 6.19. The number of halogens is 4. The van der Waals surface area contributed by atoms with Gasteiger partial charge in [-0.1, -0.05) is 44.0 Å². The maximum atomic E-state index is 13.7. The predicted octanol–water partition coefficient (Wildman–Crippen LogP) is 8.35. The van der Waals surface area contributed by atoms with Crippen molar-refractivity contribution in [3.8, 4) is 11.3 Å². The molecule has 172 valence electrons. The summed E-state index contributed by atoms with van der Waals surface area (Å²) in [7, 11) is 0. The molecule has 0 spiro atoms. The van der Waals surface area contributed by atoms with E-state index in [4.69, 9.17) is 4.98 Å². The van der Waals surface area contributed by atoms with E-state index in [1.54, 1.807) is 25.1 Å². The van der Waals surface area contributed by atoms with Crippen molar-refractivity contribution in [3.63, 3.8) is 0 Å². The van der Waals surface area contributed by atoms with Gasteiger partial charge >= 0.3 is 6.18 Å². The third kappa shape index (κ3) is 5.27. The fourth-order valence-electron chi connectivity index (χ4n) is 4.53. The maximum Gasteiger partial charge on any atom is 0.417 e. The third-order valence-electron chi connectivity index (χ3n) is 6.19. The Kier molecular flexibility index (Phi) is 6.54. The normalized spacial score (nSPS) is 14.8. The maximum absolute atomic E-state index is 13.7. The zero-order valence-corrected chi connectivity index (χ0v) is 18.5. The summed E-state index contributed by atoms with van der Waals surface area (Å²) in [6.07, 6.45) is 0.782. The van der Waals surface area contributed by atoms with Crippen LogP contribution in [0.4, 0.5) is 23.2 Å². The van der Waals surface area contributed by atoms with E-state index in [1.807, 2.05) is 6.07 Å². The van der Waals surface area contributed by atoms with Crippen molar-refractivity contribution in [1.82, 2.24) is 4.98 Å². The Morgan fingerprint density at radius 2 is 1.73 bits per heavy atom. The number of nitrogens with one attached hydrogen (secondary N) is 1. The van der Waals surface area contributed by atoms with Crippen LogP contribution in [0.5, 0.6) is 0 Å². The summed E-state index contributed by atoms with van der Waals surface area (Å²) in [6, 6.07) is 13.5. The van der Waals surface area contributed by atoms with Crippen molar-refractivity contribution >= 4 is 11.4 Å². The summed E-state index contributed by atoms with van der Waals surface area (Å²) in [5, 5.41) is 3.23. The minimum absolute atomic E-state index is 0.0503. The van der Waals surface area contributed by atoms with Crippen LogP contribution >= 0.6 is 0 Å². The molecule has 0 atom stereocenters. The van der Waals surface area contributed by atoms with E-state index in [2.05, 4.69) is 11.9 Å². The van der Waals surface area contributed by atoms with E-state index in [0.717, 1.165) is 48.6 Å². The van der Waals surface area contributed by atoms with E-state index in [9.17, 15) is 17.6 Å². The largest absolute Gasteiger partial charge is 0.417 e. The number of alkyl halides is 3. The summed E-state index contributed by atoms with van der Waals surface area (Å²) < 4.78 is 54.7. The molecular formula is C27H26F4N2. The van der Waals surface area contributed by atoms with Gasteiger partial charge in [0, 0.05) is 34.1 Å². The molecule has 2 nitrogen and oxygen atoms in total. The van der Waals surface area contributed by atoms with Gasteiger partial charge in [-0.05, 0) is 61.7 Å². The Balaban J connectivity index is 1.77. The van der Waals surface area contributed by atoms with Crippen molar-refractivity contribution in [1.29, 1.82) is 0 Å². The second-order valence-corrected chi connectivity index (χ2v) is 8.61. The summed E-state index contributed by atoms with van der Waals surface area (Å²) in [4.78, 5) is 4.69. The topological polar surface area (TPSA) is 24.9 Å². The van der Waals surface area contributed by atoms with Crippen LogP contribution in [0.3, 0.4) is 0 Å². The van der Waals surface area contributed by atoms with Gasteiger partial charge in [-0.15, -0.1) is 0 Å². The number of pyridine rings is 1. The van der Waals surface area contributed by atoms with Gasteiger partial charge in [-0.3, -0.25) is 4.98 Å². The van der Waals surface area contributed by atoms with Crippen molar-refractivity contribution in [2.24, 2.45) is 0 Å². The number of hydrogen-bond acceptors (Lipinski definition) is 2. The van der Waals surface area contributed by atoms with Crippen molar-refractivity contribution in [3.05, 3.63) is 89.4 Å². The van der Waals surface area contributed by atoms with Gasteiger partial charge in [-0.2, -0.15) is 13.2 Å². The monoisotopic (exact) mass is 454 g/mol. The molecule has 1 aliphatic carbocycles. The second-order valence-electron chi connectivity index (χ2n) is 8.61. The molecule has 0 bridgehead atoms. The molecule has 1 fully saturated rings. The molecule has 0 radical (unpaired) electrons. The van der Waals surface area contributed by atoms with Crippen LogP contribution in [0.15, 0.2) is 61.2 Å². The minimum atomic E-state index is -4.48. The molecule has 1 N–H and O–H groups in total. The van der Waals surface area contributed by atoms with Crippen LogP contribution in [-0.2, 0) is 6.18 Å². The van der Waals surface area contributed by atoms with Crippen LogP contribution in [-0.4, -0.2) is 4.98 Å². The number of benzene rings is 2. The fraction of sp³-hybridized carbons (Fsp3) is 0.296. The first kappa shape index (κ1) is 23.0. The van der Waals surface area contributed by atoms with Gasteiger partial charge in [0.25, 0.3) is 0 Å². The fourth-order valence-corrected chi connectivity index (χ4v) is 4.53. The van der Waals surface area contributed by atoms with Crippen LogP contribution in [0, 0.1) is 12.7 Å². The quantitative estimate of drug-likeness (QED) is 0.392. The molecule has 1 aromatic heterocycles. The van der Waals surface area contributed by atoms with E-state index in [-0.39, 0.29) is 23.0 Å². The van der Waals surface area contributed by atoms with Crippen molar-refractivity contribution in [2.75, 3.05) is 5.32 Å². The summed E-state index contributed by atoms with van der Waals surface area (Å²) >= 11 is 0. The first-order chi connectivity index (χ1) is 15.7. The summed E-state index contributed by atoms with van der Waals surface area (Å²) in [5.41, 5.74) is 3.02. The average molecular weight is 455 g/mol. The number of aryl methyl sites for hydroxylation is 1. The summed E-state index contributed by atoms with van der Waals surface area (Å²) in [5.74, 6) is -0.128. The molecule has 4 rings (SSSR count). The minimum Gasteiger partial charge on any atom is -0.355 e. The van der Waals surface area contributed by atoms with Gasteiger partial charge in [-0.25, -0.2) is 4.39 Å². The van der Waals surface area contributed by atoms with Crippen LogP contribution in [0.2, 0.25) is 0 Å². The molecule has 3 aromatic rings. The number of aromatic nitrogens is 1. The van der Waals surface area contributed by atoms with E-state index >= 15 is 0 Å². The van der Waals surface area contributed by atoms with Crippen LogP contribution < -0.4 is 5.32 Å². The van der Waals surface area contributed by atoms with E-state index in [1.165, 1.54) is 30.7 Å². The Bertz CT molecular complexity index is 1160. The molecule has 1 saturated carbocycles. The van der Waals surface area contributed by atoms with Crippen molar-refractivity contribution < 1.29 is 17.6 Å².